The van der Waals surface area contributed by atoms with Crippen LogP contribution in [0, 0.1) is 0 Å². The van der Waals surface area contributed by atoms with Crippen molar-refractivity contribution in [1.29, 1.82) is 0 Å². The number of aliphatic imine (C=N–C) groups is 2. The van der Waals surface area contributed by atoms with Crippen LogP contribution in [0.1, 0.15) is 53.4 Å². The smallest absolute Gasteiger partial charge is 0.0388 e. The first-order valence-electron chi connectivity index (χ1n) is 5.58. The van der Waals surface area contributed by atoms with E-state index in [2.05, 4.69) is 37.7 Å². The molecule has 82 valence electrons. The number of rotatable bonds is 7. The molecule has 0 aliphatic rings. The second-order valence-electron chi connectivity index (χ2n) is 4.07. The minimum Gasteiger partial charge on any atom is -0.295 e. The zero-order valence-electron chi connectivity index (χ0n) is 10.1. The quantitative estimate of drug-likeness (QED) is 0.440. The van der Waals surface area contributed by atoms with E-state index < -0.39 is 0 Å². The van der Waals surface area contributed by atoms with Gasteiger partial charge < -0.3 is 0 Å². The minimum atomic E-state index is 0.998. The van der Waals surface area contributed by atoms with Crippen molar-refractivity contribution >= 4 is 11.4 Å². The normalized spacial score (nSPS) is 9.71. The average Bonchev–Trinajstić information content (AvgIpc) is 2.08. The number of hydrogen-bond donors (Lipinski definition) is 0. The number of nitrogens with zero attached hydrogens (tertiary/aromatic N) is 2. The zero-order valence-corrected chi connectivity index (χ0v) is 10.1. The standard InChI is InChI=1S/C12H24N2/c1-11(2)13-9-7-5-6-8-10-14-12(3)4/h5-10H2,1-4H3. The van der Waals surface area contributed by atoms with Gasteiger partial charge in [0, 0.05) is 24.5 Å². The van der Waals surface area contributed by atoms with Crippen molar-refractivity contribution in [1.82, 2.24) is 0 Å². The third kappa shape index (κ3) is 11.3. The van der Waals surface area contributed by atoms with Gasteiger partial charge in [0.1, 0.15) is 0 Å². The third-order valence-corrected chi connectivity index (χ3v) is 1.92. The van der Waals surface area contributed by atoms with Crippen molar-refractivity contribution in [2.24, 2.45) is 9.98 Å². The van der Waals surface area contributed by atoms with Crippen molar-refractivity contribution in [2.75, 3.05) is 13.1 Å². The maximum atomic E-state index is 4.36. The van der Waals surface area contributed by atoms with Gasteiger partial charge in [-0.25, -0.2) is 0 Å². The Labute approximate surface area is 88.5 Å². The Morgan fingerprint density at radius 1 is 0.643 bits per heavy atom. The molecule has 0 rings (SSSR count). The summed E-state index contributed by atoms with van der Waals surface area (Å²) in [7, 11) is 0. The summed E-state index contributed by atoms with van der Waals surface area (Å²) in [6.45, 7) is 10.2. The summed E-state index contributed by atoms with van der Waals surface area (Å²) < 4.78 is 0. The Morgan fingerprint density at radius 2 is 1.00 bits per heavy atom. The molecule has 0 saturated carbocycles. The maximum Gasteiger partial charge on any atom is 0.0388 e. The van der Waals surface area contributed by atoms with Crippen LogP contribution < -0.4 is 0 Å². The molecule has 0 aromatic rings. The van der Waals surface area contributed by atoms with E-state index in [0.29, 0.717) is 0 Å². The Kier molecular flexibility index (Phi) is 8.50. The van der Waals surface area contributed by atoms with E-state index in [1.54, 1.807) is 0 Å². The summed E-state index contributed by atoms with van der Waals surface area (Å²) in [5, 5.41) is 0. The van der Waals surface area contributed by atoms with Gasteiger partial charge >= 0.3 is 0 Å². The number of hydrogen-bond acceptors (Lipinski definition) is 2. The van der Waals surface area contributed by atoms with E-state index >= 15 is 0 Å². The van der Waals surface area contributed by atoms with Gasteiger partial charge in [0.2, 0.25) is 0 Å². The molecule has 0 unspecified atom stereocenters. The molecule has 0 saturated heterocycles. The summed E-state index contributed by atoms with van der Waals surface area (Å²) in [6.07, 6.45) is 5.02. The molecule has 14 heavy (non-hydrogen) atoms. The van der Waals surface area contributed by atoms with Crippen LogP contribution in [-0.2, 0) is 0 Å². The van der Waals surface area contributed by atoms with Gasteiger partial charge in [0.05, 0.1) is 0 Å². The van der Waals surface area contributed by atoms with E-state index in [9.17, 15) is 0 Å². The summed E-state index contributed by atoms with van der Waals surface area (Å²) in [6, 6.07) is 0. The summed E-state index contributed by atoms with van der Waals surface area (Å²) in [5.74, 6) is 0. The van der Waals surface area contributed by atoms with Gasteiger partial charge in [-0.15, -0.1) is 0 Å². The van der Waals surface area contributed by atoms with Crippen LogP contribution in [0.25, 0.3) is 0 Å². The molecule has 0 aromatic carbocycles. The van der Waals surface area contributed by atoms with Crippen molar-refractivity contribution in [2.45, 2.75) is 53.4 Å². The molecular weight excluding hydrogens is 172 g/mol. The molecule has 2 heteroatoms. The molecule has 0 aliphatic heterocycles. The van der Waals surface area contributed by atoms with Crippen LogP contribution in [-0.4, -0.2) is 24.5 Å². The van der Waals surface area contributed by atoms with Crippen LogP contribution in [0.15, 0.2) is 9.98 Å². The number of unbranched alkanes of at least 4 members (excludes halogenated alkanes) is 3. The van der Waals surface area contributed by atoms with Crippen molar-refractivity contribution in [3.8, 4) is 0 Å². The second-order valence-corrected chi connectivity index (χ2v) is 4.07. The lowest BCUT2D eigenvalue weighted by Crippen LogP contribution is -1.90. The van der Waals surface area contributed by atoms with Crippen molar-refractivity contribution < 1.29 is 0 Å². The van der Waals surface area contributed by atoms with Gasteiger partial charge in [0.25, 0.3) is 0 Å². The lowest BCUT2D eigenvalue weighted by molar-refractivity contribution is 0.654. The SMILES string of the molecule is CC(C)=NCCCCCCN=C(C)C. The van der Waals surface area contributed by atoms with Gasteiger partial charge in [0.15, 0.2) is 0 Å². The van der Waals surface area contributed by atoms with E-state index in [4.69, 9.17) is 0 Å². The highest BCUT2D eigenvalue weighted by atomic mass is 14.7. The summed E-state index contributed by atoms with van der Waals surface area (Å²) in [5.41, 5.74) is 2.38. The van der Waals surface area contributed by atoms with Crippen LogP contribution in [0.3, 0.4) is 0 Å². The Hall–Kier alpha value is -0.660. The molecule has 0 atom stereocenters. The fourth-order valence-electron chi connectivity index (χ4n) is 1.18. The van der Waals surface area contributed by atoms with Crippen molar-refractivity contribution in [3.63, 3.8) is 0 Å². The fraction of sp³-hybridized carbons (Fsp3) is 0.833. The fourth-order valence-corrected chi connectivity index (χ4v) is 1.18. The molecule has 0 radical (unpaired) electrons. The molecule has 0 aliphatic carbocycles. The Morgan fingerprint density at radius 3 is 1.29 bits per heavy atom. The molecule has 0 fully saturated rings. The van der Waals surface area contributed by atoms with E-state index in [1.807, 2.05) is 0 Å². The predicted molar refractivity (Wildman–Crippen MR) is 65.8 cm³/mol. The van der Waals surface area contributed by atoms with E-state index in [-0.39, 0.29) is 0 Å². The molecular formula is C12H24N2. The van der Waals surface area contributed by atoms with Gasteiger partial charge in [-0.2, -0.15) is 0 Å². The van der Waals surface area contributed by atoms with E-state index in [0.717, 1.165) is 13.1 Å². The minimum absolute atomic E-state index is 0.998. The zero-order chi connectivity index (χ0) is 10.8. The van der Waals surface area contributed by atoms with Gasteiger partial charge in [-0.05, 0) is 40.5 Å². The molecule has 0 aromatic heterocycles. The van der Waals surface area contributed by atoms with E-state index in [1.165, 1.54) is 37.1 Å². The third-order valence-electron chi connectivity index (χ3n) is 1.92. The Balaban J connectivity index is 3.15. The highest BCUT2D eigenvalue weighted by Crippen LogP contribution is 2.00. The highest BCUT2D eigenvalue weighted by molar-refractivity contribution is 5.79. The molecule has 0 N–H and O–H groups in total. The molecule has 0 amide bonds. The first-order chi connectivity index (χ1) is 6.63. The predicted octanol–water partition coefficient (Wildman–Crippen LogP) is 3.51. The lowest BCUT2D eigenvalue weighted by Gasteiger charge is -1.98. The summed E-state index contributed by atoms with van der Waals surface area (Å²) >= 11 is 0. The van der Waals surface area contributed by atoms with Crippen LogP contribution >= 0.6 is 0 Å². The second kappa shape index (κ2) is 8.92. The van der Waals surface area contributed by atoms with Crippen LogP contribution in [0.5, 0.6) is 0 Å². The first-order valence-corrected chi connectivity index (χ1v) is 5.58. The largest absolute Gasteiger partial charge is 0.295 e. The lowest BCUT2D eigenvalue weighted by atomic mass is 10.2. The van der Waals surface area contributed by atoms with Crippen LogP contribution in [0.2, 0.25) is 0 Å². The highest BCUT2D eigenvalue weighted by Gasteiger charge is 1.89. The monoisotopic (exact) mass is 196 g/mol. The molecule has 0 bridgehead atoms. The van der Waals surface area contributed by atoms with Crippen molar-refractivity contribution in [3.05, 3.63) is 0 Å². The summed E-state index contributed by atoms with van der Waals surface area (Å²) in [4.78, 5) is 8.72. The average molecular weight is 196 g/mol. The van der Waals surface area contributed by atoms with Gasteiger partial charge in [-0.1, -0.05) is 12.8 Å². The first kappa shape index (κ1) is 13.3. The topological polar surface area (TPSA) is 24.7 Å². The van der Waals surface area contributed by atoms with Gasteiger partial charge in [-0.3, -0.25) is 9.98 Å². The molecule has 0 heterocycles. The molecule has 0 spiro atoms. The molecule has 2 nitrogen and oxygen atoms in total. The Bertz CT molecular complexity index is 162. The van der Waals surface area contributed by atoms with Crippen LogP contribution in [0.4, 0.5) is 0 Å². The maximum absolute atomic E-state index is 4.36.